The summed E-state index contributed by atoms with van der Waals surface area (Å²) in [6, 6.07) is 39.1. The molecule has 9 rings (SSSR count). The van der Waals surface area contributed by atoms with Crippen molar-refractivity contribution in [2.45, 2.75) is 20.0 Å². The summed E-state index contributed by atoms with van der Waals surface area (Å²) in [5, 5.41) is 21.0. The van der Waals surface area contributed by atoms with Crippen molar-refractivity contribution < 1.29 is 26.8 Å². The predicted octanol–water partition coefficient (Wildman–Crippen LogP) is 6.55. The number of pyridine rings is 3. The average molecular weight is 930 g/mol. The molecular weight excluding hydrogens is 876 g/mol. The molecule has 0 bridgehead atoms. The number of nitrogens with two attached hydrogens (primary N) is 4. The van der Waals surface area contributed by atoms with Gasteiger partial charge in [0.2, 0.25) is 11.0 Å². The topological polar surface area (TPSA) is 178 Å². The Labute approximate surface area is 390 Å². The first-order valence-electron chi connectivity index (χ1n) is 19.9. The van der Waals surface area contributed by atoms with Gasteiger partial charge in [0.05, 0.1) is 41.0 Å². The molecule has 15 heteroatoms. The van der Waals surface area contributed by atoms with Gasteiger partial charge in [-0.25, -0.2) is 9.97 Å². The Bertz CT molecular complexity index is 2890. The first-order valence-corrected chi connectivity index (χ1v) is 20.2. The minimum atomic E-state index is -0.471. The van der Waals surface area contributed by atoms with Crippen LogP contribution in [0.1, 0.15) is 13.8 Å². The van der Waals surface area contributed by atoms with Crippen LogP contribution in [0.15, 0.2) is 121 Å². The Morgan fingerprint density at radius 2 is 1.14 bits per heavy atom. The van der Waals surface area contributed by atoms with Crippen molar-refractivity contribution >= 4 is 130 Å². The van der Waals surface area contributed by atoms with E-state index in [0.29, 0.717) is 18.1 Å². The van der Waals surface area contributed by atoms with Gasteiger partial charge in [-0.2, -0.15) is 4.57 Å². The highest BCUT2D eigenvalue weighted by molar-refractivity contribution is 6.31. The fourth-order valence-corrected chi connectivity index (χ4v) is 7.54. The van der Waals surface area contributed by atoms with Gasteiger partial charge in [0.25, 0.3) is 0 Å². The predicted molar refractivity (Wildman–Crippen MR) is 267 cm³/mol. The van der Waals surface area contributed by atoms with Crippen LogP contribution in [0, 0.1) is 0 Å². The zero-order chi connectivity index (χ0) is 42.5. The monoisotopic (exact) mass is 927 g/mol. The maximum absolute atomic E-state index is 10.5. The van der Waals surface area contributed by atoms with E-state index >= 15 is 0 Å². The van der Waals surface area contributed by atoms with Gasteiger partial charge in [0.15, 0.2) is 0 Å². The number of nitrogens with zero attached hydrogens (tertiary/aromatic N) is 4. The van der Waals surface area contributed by atoms with Crippen molar-refractivity contribution in [3.05, 3.63) is 126 Å². The smallest absolute Gasteiger partial charge is 0.214 e. The molecule has 3 aromatic heterocycles. The van der Waals surface area contributed by atoms with E-state index in [1.54, 1.807) is 7.11 Å². The van der Waals surface area contributed by atoms with Crippen LogP contribution < -0.4 is 50.0 Å². The number of likely N-dealkylation sites (N-methyl/N-ethyl adjacent to an activating group) is 1. The number of ether oxygens (including phenoxy) is 1. The first-order chi connectivity index (χ1) is 28.9. The molecule has 0 aliphatic carbocycles. The minimum absolute atomic E-state index is 0. The normalized spacial score (nSPS) is 11.2. The van der Waals surface area contributed by atoms with E-state index in [0.717, 1.165) is 102 Å². The lowest BCUT2D eigenvalue weighted by Crippen LogP contribution is -3.00. The van der Waals surface area contributed by atoms with Crippen LogP contribution in [0.3, 0.4) is 0 Å². The van der Waals surface area contributed by atoms with E-state index in [1.165, 1.54) is 10.8 Å². The Morgan fingerprint density at radius 1 is 0.635 bits per heavy atom. The number of anilines is 5. The molecule has 63 heavy (non-hydrogen) atoms. The Kier molecular flexibility index (Phi) is 17.4. The first kappa shape index (κ1) is 49.9. The second-order valence-electron chi connectivity index (χ2n) is 14.8. The number of aryl methyl sites for hydroxylation is 1. The van der Waals surface area contributed by atoms with Crippen molar-refractivity contribution in [2.24, 2.45) is 7.05 Å². The Hall–Kier alpha value is -5.79. The van der Waals surface area contributed by atoms with Crippen LogP contribution in [-0.2, 0) is 7.05 Å². The molecule has 1 unspecified atom stereocenters. The van der Waals surface area contributed by atoms with Crippen LogP contribution >= 0.6 is 36.4 Å². The summed E-state index contributed by atoms with van der Waals surface area (Å²) < 4.78 is 7.51. The molecule has 0 spiro atoms. The quantitative estimate of drug-likeness (QED) is 0.0557. The highest BCUT2D eigenvalue weighted by Crippen LogP contribution is 2.34. The zero-order valence-corrected chi connectivity index (χ0v) is 38.6. The molecule has 0 aliphatic rings. The van der Waals surface area contributed by atoms with Gasteiger partial charge in [-0.15, -0.1) is 24.8 Å². The molecule has 0 amide bonds. The number of nitrogens with one attached hydrogen (secondary N) is 1. The van der Waals surface area contributed by atoms with Crippen LogP contribution in [0.25, 0.3) is 65.4 Å². The van der Waals surface area contributed by atoms with Gasteiger partial charge >= 0.3 is 0 Å². The molecule has 0 aliphatic heterocycles. The SMILES string of the molecule is CCN(CC)CC(O)CNc1c2ccc(Cl)cc2nc2ccc(OC)cc12.C[n+]1c2cc(N)ccc2cc2ccc(N)cc21.Cl.Cl.Nc1ccc2cc3ccc(N)cc3nc2c1.[Cl-]. The summed E-state index contributed by atoms with van der Waals surface area (Å²) in [7, 11) is 3.68. The van der Waals surface area contributed by atoms with Crippen molar-refractivity contribution in [3.8, 4) is 5.75 Å². The number of methoxy groups -OCH3 is 1. The largest absolute Gasteiger partial charge is 1.00 e. The molecule has 10 N–H and O–H groups in total. The summed E-state index contributed by atoms with van der Waals surface area (Å²) in [5.41, 5.74) is 32.8. The molecule has 330 valence electrons. The number of benzene rings is 6. The number of halogens is 4. The number of aliphatic hydroxyl groups is 1. The molecule has 0 fully saturated rings. The van der Waals surface area contributed by atoms with Crippen LogP contribution in [0.5, 0.6) is 5.75 Å². The molecule has 3 heterocycles. The van der Waals surface area contributed by atoms with Crippen molar-refractivity contribution in [1.82, 2.24) is 14.9 Å². The average Bonchev–Trinajstić information content (AvgIpc) is 3.24. The summed E-state index contributed by atoms with van der Waals surface area (Å²) in [6.45, 7) is 7.13. The lowest BCUT2D eigenvalue weighted by atomic mass is 10.1. The molecule has 11 nitrogen and oxygen atoms in total. The molecule has 0 radical (unpaired) electrons. The van der Waals surface area contributed by atoms with E-state index in [9.17, 15) is 5.11 Å². The Morgan fingerprint density at radius 3 is 1.68 bits per heavy atom. The number of rotatable bonds is 8. The number of nitrogen functional groups attached to an aromatic ring is 4. The molecule has 0 saturated carbocycles. The van der Waals surface area contributed by atoms with Crippen LogP contribution in [0.2, 0.25) is 5.02 Å². The van der Waals surface area contributed by atoms with Gasteiger partial charge in [0, 0.05) is 85.3 Å². The number of hydrogen-bond donors (Lipinski definition) is 6. The van der Waals surface area contributed by atoms with Gasteiger partial charge < -0.3 is 55.4 Å². The van der Waals surface area contributed by atoms with Crippen molar-refractivity contribution in [3.63, 3.8) is 0 Å². The molecule has 1 atom stereocenters. The van der Waals surface area contributed by atoms with E-state index < -0.39 is 6.10 Å². The third-order valence-electron chi connectivity index (χ3n) is 10.6. The standard InChI is InChI=1S/C21H26ClN3O2.C14H13N3.C13H11N3.3ClH/c1-4-25(5-2)13-15(26)12-23-21-17-8-6-14(22)10-20(17)24-19-9-7-16(27-3)11-18(19)21;1-17-13-7-11(15)4-2-9(13)6-10-3-5-12(16)8-14(10)17;14-10-3-1-8-5-9-2-4-11(15)7-13(9)16-12(8)6-10;;;/h6-11,15,26H,4-5,12-13H2,1-3H3,(H,23,24);2-8H,1H3,(H3,15,16);1-7H,14-15H2;3*1H. The van der Waals surface area contributed by atoms with E-state index in [1.807, 2.05) is 116 Å². The zero-order valence-electron chi connectivity index (χ0n) is 35.5. The Balaban J connectivity index is 0.000000211. The highest BCUT2D eigenvalue weighted by Gasteiger charge is 2.15. The molecular formula is C48H53Cl4N9O2. The third-order valence-corrected chi connectivity index (χ3v) is 10.9. The van der Waals surface area contributed by atoms with Crippen LogP contribution in [-0.4, -0.2) is 59.4 Å². The van der Waals surface area contributed by atoms with Crippen molar-refractivity contribution in [2.75, 3.05) is 61.5 Å². The maximum atomic E-state index is 10.5. The van der Waals surface area contributed by atoms with Crippen molar-refractivity contribution in [1.29, 1.82) is 0 Å². The molecule has 6 aromatic carbocycles. The van der Waals surface area contributed by atoms with E-state index in [2.05, 4.69) is 45.7 Å². The number of fused-ring (bicyclic) bond motifs is 6. The lowest BCUT2D eigenvalue weighted by Gasteiger charge is -2.23. The second kappa shape index (κ2) is 22.0. The number of aromatic nitrogens is 3. The summed E-state index contributed by atoms with van der Waals surface area (Å²) in [4.78, 5) is 11.5. The lowest BCUT2D eigenvalue weighted by molar-refractivity contribution is -0.617. The highest BCUT2D eigenvalue weighted by atomic mass is 35.5. The van der Waals surface area contributed by atoms with E-state index in [-0.39, 0.29) is 37.2 Å². The fourth-order valence-electron chi connectivity index (χ4n) is 7.38. The summed E-state index contributed by atoms with van der Waals surface area (Å²) in [6.07, 6.45) is -0.471. The van der Waals surface area contributed by atoms with Crippen LogP contribution in [0.4, 0.5) is 28.4 Å². The van der Waals surface area contributed by atoms with Gasteiger partial charge in [-0.3, -0.25) is 0 Å². The van der Waals surface area contributed by atoms with Gasteiger partial charge in [-0.05, 0) is 110 Å². The summed E-state index contributed by atoms with van der Waals surface area (Å²) >= 11 is 6.16. The van der Waals surface area contributed by atoms with Gasteiger partial charge in [0.1, 0.15) is 12.8 Å². The molecule has 9 aromatic rings. The molecule has 0 saturated heterocycles. The van der Waals surface area contributed by atoms with Gasteiger partial charge in [-0.1, -0.05) is 37.6 Å². The second-order valence-corrected chi connectivity index (χ2v) is 15.2. The minimum Gasteiger partial charge on any atom is -1.00 e. The fraction of sp³-hybridized carbons (Fsp3) is 0.188. The third kappa shape index (κ3) is 11.6. The van der Waals surface area contributed by atoms with E-state index in [4.69, 9.17) is 44.3 Å². The maximum Gasteiger partial charge on any atom is 0.214 e. The number of hydrogen-bond acceptors (Lipinski definition) is 10. The summed E-state index contributed by atoms with van der Waals surface area (Å²) in [5.74, 6) is 0.768. The number of aliphatic hydroxyl groups excluding tert-OH is 1.